The van der Waals surface area contributed by atoms with Crippen LogP contribution in [0.5, 0.6) is 0 Å². The smallest absolute Gasteiger partial charge is 0.322 e. The quantitative estimate of drug-likeness (QED) is 0.653. The number of aliphatic carboxylic acids is 1. The molecule has 1 unspecified atom stereocenters. The minimum atomic E-state index is -0.703. The fourth-order valence-corrected chi connectivity index (χ4v) is 2.39. The van der Waals surface area contributed by atoms with Crippen molar-refractivity contribution in [2.75, 3.05) is 37.7 Å². The van der Waals surface area contributed by atoms with E-state index in [1.165, 1.54) is 0 Å². The maximum Gasteiger partial charge on any atom is 0.322 e. The Morgan fingerprint density at radius 2 is 2.47 bits per heavy atom. The largest absolute Gasteiger partial charge is 0.480 e. The zero-order valence-electron chi connectivity index (χ0n) is 9.24. The number of piperazine rings is 1. The predicted molar refractivity (Wildman–Crippen MR) is 63.5 cm³/mol. The first-order valence-electron chi connectivity index (χ1n) is 5.51. The van der Waals surface area contributed by atoms with Crippen LogP contribution in [0.15, 0.2) is 0 Å². The van der Waals surface area contributed by atoms with E-state index >= 15 is 0 Å². The summed E-state index contributed by atoms with van der Waals surface area (Å²) in [7, 11) is 0. The molecule has 0 bridgehead atoms. The van der Waals surface area contributed by atoms with Crippen LogP contribution >= 0.6 is 11.8 Å². The van der Waals surface area contributed by atoms with E-state index < -0.39 is 5.97 Å². The van der Waals surface area contributed by atoms with Gasteiger partial charge in [-0.2, -0.15) is 11.8 Å². The zero-order chi connectivity index (χ0) is 11.1. The number of hydrogen-bond acceptors (Lipinski definition) is 4. The summed E-state index contributed by atoms with van der Waals surface area (Å²) in [4.78, 5) is 13.0. The molecule has 5 heteroatoms. The fraction of sp³-hybridized carbons (Fsp3) is 0.900. The average Bonchev–Trinajstić information content (AvgIpc) is 2.25. The van der Waals surface area contributed by atoms with E-state index in [0.717, 1.165) is 37.6 Å². The van der Waals surface area contributed by atoms with Gasteiger partial charge in [0, 0.05) is 19.6 Å². The van der Waals surface area contributed by atoms with Gasteiger partial charge in [-0.15, -0.1) is 0 Å². The third-order valence-electron chi connectivity index (χ3n) is 2.58. The molecule has 15 heavy (non-hydrogen) atoms. The van der Waals surface area contributed by atoms with Gasteiger partial charge >= 0.3 is 5.97 Å². The van der Waals surface area contributed by atoms with E-state index in [0.29, 0.717) is 6.54 Å². The number of thioether (sulfide) groups is 1. The van der Waals surface area contributed by atoms with Crippen molar-refractivity contribution in [3.05, 3.63) is 0 Å². The zero-order valence-corrected chi connectivity index (χ0v) is 10.1. The van der Waals surface area contributed by atoms with E-state index in [-0.39, 0.29) is 6.04 Å². The molecule has 1 fully saturated rings. The van der Waals surface area contributed by atoms with E-state index in [1.54, 1.807) is 0 Å². The molecule has 1 aliphatic rings. The molecular weight excluding hydrogens is 212 g/mol. The van der Waals surface area contributed by atoms with E-state index in [4.69, 9.17) is 5.11 Å². The summed E-state index contributed by atoms with van der Waals surface area (Å²) in [6.45, 7) is 5.40. The number of carboxylic acid groups (broad SMARTS) is 1. The molecule has 0 radical (unpaired) electrons. The topological polar surface area (TPSA) is 52.6 Å². The Hall–Kier alpha value is -0.260. The summed E-state index contributed by atoms with van der Waals surface area (Å²) in [5.74, 6) is 1.57. The van der Waals surface area contributed by atoms with Crippen molar-refractivity contribution in [1.82, 2.24) is 10.2 Å². The number of carboxylic acids is 1. The molecular formula is C10H20N2O2S. The van der Waals surface area contributed by atoms with Crippen molar-refractivity contribution >= 4 is 17.7 Å². The molecule has 0 amide bonds. The molecule has 0 aromatic carbocycles. The van der Waals surface area contributed by atoms with Gasteiger partial charge in [-0.1, -0.05) is 6.92 Å². The van der Waals surface area contributed by atoms with Crippen LogP contribution in [-0.2, 0) is 4.79 Å². The minimum absolute atomic E-state index is 0.328. The van der Waals surface area contributed by atoms with Crippen molar-refractivity contribution in [3.8, 4) is 0 Å². The lowest BCUT2D eigenvalue weighted by Crippen LogP contribution is -2.55. The van der Waals surface area contributed by atoms with E-state index in [1.807, 2.05) is 11.8 Å². The van der Waals surface area contributed by atoms with Gasteiger partial charge in [-0.3, -0.25) is 9.69 Å². The maximum absolute atomic E-state index is 11.0. The Labute approximate surface area is 95.4 Å². The fourth-order valence-electron chi connectivity index (χ4n) is 1.77. The molecule has 1 atom stereocenters. The lowest BCUT2D eigenvalue weighted by molar-refractivity contribution is -0.143. The molecule has 0 spiro atoms. The molecule has 1 heterocycles. The van der Waals surface area contributed by atoms with Gasteiger partial charge < -0.3 is 10.4 Å². The van der Waals surface area contributed by atoms with Crippen LogP contribution in [0, 0.1) is 0 Å². The van der Waals surface area contributed by atoms with Gasteiger partial charge in [-0.05, 0) is 24.5 Å². The van der Waals surface area contributed by atoms with Crippen molar-refractivity contribution < 1.29 is 9.90 Å². The van der Waals surface area contributed by atoms with Gasteiger partial charge in [0.15, 0.2) is 0 Å². The summed E-state index contributed by atoms with van der Waals surface area (Å²) >= 11 is 1.92. The van der Waals surface area contributed by atoms with Gasteiger partial charge in [0.1, 0.15) is 6.04 Å². The summed E-state index contributed by atoms with van der Waals surface area (Å²) in [5.41, 5.74) is 0. The van der Waals surface area contributed by atoms with Crippen molar-refractivity contribution in [2.45, 2.75) is 19.4 Å². The van der Waals surface area contributed by atoms with Gasteiger partial charge in [-0.25, -0.2) is 0 Å². The normalized spacial score (nSPS) is 22.9. The molecule has 0 saturated carbocycles. The van der Waals surface area contributed by atoms with Crippen LogP contribution in [-0.4, -0.2) is 59.7 Å². The molecule has 0 aromatic rings. The number of nitrogens with zero attached hydrogens (tertiary/aromatic N) is 1. The SMILES string of the molecule is CCSCCCN1CCNCC1C(=O)O. The van der Waals surface area contributed by atoms with Crippen LogP contribution in [0.2, 0.25) is 0 Å². The first kappa shape index (κ1) is 12.8. The lowest BCUT2D eigenvalue weighted by atomic mass is 10.2. The number of hydrogen-bond donors (Lipinski definition) is 2. The molecule has 0 aliphatic carbocycles. The Kier molecular flexibility index (Phi) is 6.05. The number of carbonyl (C=O) groups is 1. The van der Waals surface area contributed by atoms with Crippen molar-refractivity contribution in [1.29, 1.82) is 0 Å². The van der Waals surface area contributed by atoms with Crippen molar-refractivity contribution in [3.63, 3.8) is 0 Å². The molecule has 1 saturated heterocycles. The van der Waals surface area contributed by atoms with Crippen LogP contribution in [0.1, 0.15) is 13.3 Å². The van der Waals surface area contributed by atoms with Crippen LogP contribution in [0.25, 0.3) is 0 Å². The highest BCUT2D eigenvalue weighted by Crippen LogP contribution is 2.07. The Morgan fingerprint density at radius 1 is 1.67 bits per heavy atom. The summed E-state index contributed by atoms with van der Waals surface area (Å²) in [5, 5.41) is 12.1. The summed E-state index contributed by atoms with van der Waals surface area (Å²) in [6, 6.07) is -0.328. The first-order valence-corrected chi connectivity index (χ1v) is 6.66. The van der Waals surface area contributed by atoms with E-state index in [9.17, 15) is 4.79 Å². The van der Waals surface area contributed by atoms with Crippen LogP contribution in [0.3, 0.4) is 0 Å². The molecule has 1 aliphatic heterocycles. The molecule has 2 N–H and O–H groups in total. The summed E-state index contributed by atoms with van der Waals surface area (Å²) < 4.78 is 0. The van der Waals surface area contributed by atoms with Gasteiger partial charge in [0.2, 0.25) is 0 Å². The molecule has 88 valence electrons. The van der Waals surface area contributed by atoms with Gasteiger partial charge in [0.25, 0.3) is 0 Å². The highest BCUT2D eigenvalue weighted by Gasteiger charge is 2.27. The standard InChI is InChI=1S/C10H20N2O2S/c1-2-15-7-3-5-12-6-4-11-8-9(12)10(13)14/h9,11H,2-8H2,1H3,(H,13,14). The molecule has 4 nitrogen and oxygen atoms in total. The van der Waals surface area contributed by atoms with E-state index in [2.05, 4.69) is 17.1 Å². The summed E-state index contributed by atoms with van der Waals surface area (Å²) in [6.07, 6.45) is 1.09. The maximum atomic E-state index is 11.0. The monoisotopic (exact) mass is 232 g/mol. The molecule has 1 rings (SSSR count). The van der Waals surface area contributed by atoms with Crippen molar-refractivity contribution in [2.24, 2.45) is 0 Å². The number of rotatable bonds is 6. The highest BCUT2D eigenvalue weighted by molar-refractivity contribution is 7.99. The second-order valence-electron chi connectivity index (χ2n) is 3.64. The number of nitrogens with one attached hydrogen (secondary N) is 1. The third kappa shape index (κ3) is 4.40. The second kappa shape index (κ2) is 7.09. The Morgan fingerprint density at radius 3 is 3.13 bits per heavy atom. The Bertz CT molecular complexity index is 202. The Balaban J connectivity index is 2.26. The molecule has 0 aromatic heterocycles. The van der Waals surface area contributed by atoms with Gasteiger partial charge in [0.05, 0.1) is 0 Å². The first-order chi connectivity index (χ1) is 7.25. The average molecular weight is 232 g/mol. The van der Waals surface area contributed by atoms with Crippen LogP contribution in [0.4, 0.5) is 0 Å². The second-order valence-corrected chi connectivity index (χ2v) is 5.04. The highest BCUT2D eigenvalue weighted by atomic mass is 32.2. The minimum Gasteiger partial charge on any atom is -0.480 e. The lowest BCUT2D eigenvalue weighted by Gasteiger charge is -2.33. The predicted octanol–water partition coefficient (Wildman–Crippen LogP) is 0.488. The third-order valence-corrected chi connectivity index (χ3v) is 3.56. The van der Waals surface area contributed by atoms with Crippen LogP contribution < -0.4 is 5.32 Å².